The van der Waals surface area contributed by atoms with Gasteiger partial charge in [-0.25, -0.2) is 9.59 Å². The molecule has 0 saturated heterocycles. The van der Waals surface area contributed by atoms with Crippen molar-refractivity contribution in [3.8, 4) is 0 Å². The highest BCUT2D eigenvalue weighted by Gasteiger charge is 2.11. The van der Waals surface area contributed by atoms with Crippen LogP contribution in [0.15, 0.2) is 41.0 Å². The lowest BCUT2D eigenvalue weighted by Crippen LogP contribution is -2.04. The molecule has 1 aromatic carbocycles. The first kappa shape index (κ1) is 18.4. The van der Waals surface area contributed by atoms with Crippen LogP contribution in [0.25, 0.3) is 11.0 Å². The maximum absolute atomic E-state index is 9.55. The Bertz CT molecular complexity index is 686. The first-order valence-electron chi connectivity index (χ1n) is 7.17. The molecule has 23 heavy (non-hydrogen) atoms. The van der Waals surface area contributed by atoms with Gasteiger partial charge >= 0.3 is 11.9 Å². The number of benzene rings is 1. The SMILES string of the molecule is Cc1ccc(C(C)CCN)c2ccoc12.O=C(O)/C=C\C(=O)O. The number of hydrogen-bond donors (Lipinski definition) is 3. The second kappa shape index (κ2) is 8.75. The monoisotopic (exact) mass is 319 g/mol. The minimum atomic E-state index is -1.26. The molecule has 1 heterocycles. The summed E-state index contributed by atoms with van der Waals surface area (Å²) in [5.74, 6) is -2.02. The zero-order valence-electron chi connectivity index (χ0n) is 13.2. The second-order valence-electron chi connectivity index (χ2n) is 5.12. The van der Waals surface area contributed by atoms with Crippen LogP contribution >= 0.6 is 0 Å². The van der Waals surface area contributed by atoms with Gasteiger partial charge in [0.25, 0.3) is 0 Å². The minimum Gasteiger partial charge on any atom is -0.478 e. The maximum atomic E-state index is 9.55. The number of carboxylic acid groups (broad SMARTS) is 2. The molecule has 0 aliphatic heterocycles. The van der Waals surface area contributed by atoms with Crippen LogP contribution in [0.3, 0.4) is 0 Å². The molecule has 1 unspecified atom stereocenters. The van der Waals surface area contributed by atoms with Gasteiger partial charge in [0, 0.05) is 17.5 Å². The number of aryl methyl sites for hydroxylation is 1. The Morgan fingerprint density at radius 2 is 1.83 bits per heavy atom. The summed E-state index contributed by atoms with van der Waals surface area (Å²) in [6.45, 7) is 5.02. The quantitative estimate of drug-likeness (QED) is 0.730. The van der Waals surface area contributed by atoms with Crippen molar-refractivity contribution in [2.24, 2.45) is 5.73 Å². The van der Waals surface area contributed by atoms with Crippen LogP contribution < -0.4 is 5.73 Å². The van der Waals surface area contributed by atoms with E-state index in [1.165, 1.54) is 16.5 Å². The summed E-state index contributed by atoms with van der Waals surface area (Å²) in [4.78, 5) is 19.1. The molecule has 0 aliphatic rings. The molecule has 0 saturated carbocycles. The molecule has 1 atom stereocenters. The van der Waals surface area contributed by atoms with E-state index in [4.69, 9.17) is 20.4 Å². The van der Waals surface area contributed by atoms with E-state index in [9.17, 15) is 9.59 Å². The first-order chi connectivity index (χ1) is 10.9. The molecule has 0 amide bonds. The second-order valence-corrected chi connectivity index (χ2v) is 5.12. The van der Waals surface area contributed by atoms with Crippen LogP contribution in [-0.4, -0.2) is 28.7 Å². The number of carbonyl (C=O) groups is 2. The molecule has 124 valence electrons. The number of rotatable bonds is 5. The number of fused-ring (bicyclic) bond motifs is 1. The van der Waals surface area contributed by atoms with E-state index >= 15 is 0 Å². The summed E-state index contributed by atoms with van der Waals surface area (Å²) in [6, 6.07) is 6.35. The maximum Gasteiger partial charge on any atom is 0.328 e. The van der Waals surface area contributed by atoms with E-state index in [1.54, 1.807) is 6.26 Å². The molecule has 2 rings (SSSR count). The molecule has 2 aromatic rings. The largest absolute Gasteiger partial charge is 0.478 e. The highest BCUT2D eigenvalue weighted by Crippen LogP contribution is 2.30. The molecule has 0 bridgehead atoms. The zero-order valence-corrected chi connectivity index (χ0v) is 13.2. The van der Waals surface area contributed by atoms with Crippen molar-refractivity contribution in [1.82, 2.24) is 0 Å². The third kappa shape index (κ3) is 5.60. The van der Waals surface area contributed by atoms with E-state index in [0.717, 1.165) is 18.5 Å². The Kier molecular flexibility index (Phi) is 7.02. The van der Waals surface area contributed by atoms with Crippen LogP contribution in [0.4, 0.5) is 0 Å². The van der Waals surface area contributed by atoms with Crippen molar-refractivity contribution < 1.29 is 24.2 Å². The van der Waals surface area contributed by atoms with Crippen molar-refractivity contribution in [2.75, 3.05) is 6.54 Å². The summed E-state index contributed by atoms with van der Waals surface area (Å²) in [5, 5.41) is 16.9. The topological polar surface area (TPSA) is 114 Å². The van der Waals surface area contributed by atoms with E-state index < -0.39 is 11.9 Å². The average Bonchev–Trinajstić information content (AvgIpc) is 2.96. The van der Waals surface area contributed by atoms with Crippen LogP contribution in [0.5, 0.6) is 0 Å². The number of nitrogens with two attached hydrogens (primary N) is 1. The Morgan fingerprint density at radius 3 is 2.35 bits per heavy atom. The van der Waals surface area contributed by atoms with Crippen LogP contribution in [-0.2, 0) is 9.59 Å². The van der Waals surface area contributed by atoms with Gasteiger partial charge in [0.1, 0.15) is 5.58 Å². The number of aliphatic carboxylic acids is 2. The third-order valence-corrected chi connectivity index (χ3v) is 3.35. The van der Waals surface area contributed by atoms with Gasteiger partial charge in [-0.05, 0) is 43.0 Å². The molecule has 0 spiro atoms. The van der Waals surface area contributed by atoms with Crippen molar-refractivity contribution in [1.29, 1.82) is 0 Å². The molecular formula is C17H21NO5. The van der Waals surface area contributed by atoms with E-state index in [2.05, 4.69) is 26.0 Å². The average molecular weight is 319 g/mol. The lowest BCUT2D eigenvalue weighted by atomic mass is 9.94. The van der Waals surface area contributed by atoms with Gasteiger partial charge in [0.2, 0.25) is 0 Å². The fourth-order valence-electron chi connectivity index (χ4n) is 2.20. The molecule has 0 aliphatic carbocycles. The molecule has 0 fully saturated rings. The fraction of sp³-hybridized carbons (Fsp3) is 0.294. The first-order valence-corrected chi connectivity index (χ1v) is 7.17. The van der Waals surface area contributed by atoms with E-state index in [1.807, 2.05) is 6.07 Å². The molecule has 6 heteroatoms. The number of furan rings is 1. The standard InChI is InChI=1S/C13H17NO.C4H4O4/c1-9(5-7-14)11-4-3-10(2)13-12(11)6-8-15-13;5-3(6)1-2-4(7)8/h3-4,6,8-9H,5,7,14H2,1-2H3;1-2H,(H,5,6)(H,7,8)/b;2-1-. The lowest BCUT2D eigenvalue weighted by molar-refractivity contribution is -0.134. The van der Waals surface area contributed by atoms with Crippen molar-refractivity contribution in [2.45, 2.75) is 26.2 Å². The Balaban J connectivity index is 0.000000284. The molecule has 4 N–H and O–H groups in total. The van der Waals surface area contributed by atoms with Crippen molar-refractivity contribution in [3.05, 3.63) is 47.7 Å². The van der Waals surface area contributed by atoms with Gasteiger partial charge in [-0.3, -0.25) is 0 Å². The predicted molar refractivity (Wildman–Crippen MR) is 87.4 cm³/mol. The molecule has 6 nitrogen and oxygen atoms in total. The summed E-state index contributed by atoms with van der Waals surface area (Å²) in [7, 11) is 0. The predicted octanol–water partition coefficient (Wildman–Crippen LogP) is 2.91. The van der Waals surface area contributed by atoms with Gasteiger partial charge in [0.05, 0.1) is 6.26 Å². The summed E-state index contributed by atoms with van der Waals surface area (Å²) >= 11 is 0. The smallest absolute Gasteiger partial charge is 0.328 e. The van der Waals surface area contributed by atoms with E-state index in [-0.39, 0.29) is 0 Å². The van der Waals surface area contributed by atoms with Gasteiger partial charge < -0.3 is 20.4 Å². The highest BCUT2D eigenvalue weighted by atomic mass is 16.4. The van der Waals surface area contributed by atoms with Crippen LogP contribution in [0.2, 0.25) is 0 Å². The summed E-state index contributed by atoms with van der Waals surface area (Å²) in [6.07, 6.45) is 3.89. The Hall–Kier alpha value is -2.60. The summed E-state index contributed by atoms with van der Waals surface area (Å²) in [5.41, 5.74) is 9.14. The molecule has 0 radical (unpaired) electrons. The fourth-order valence-corrected chi connectivity index (χ4v) is 2.20. The normalized spacial score (nSPS) is 12.0. The van der Waals surface area contributed by atoms with Crippen LogP contribution in [0, 0.1) is 6.92 Å². The number of carboxylic acids is 2. The summed E-state index contributed by atoms with van der Waals surface area (Å²) < 4.78 is 5.49. The van der Waals surface area contributed by atoms with Gasteiger partial charge in [-0.15, -0.1) is 0 Å². The van der Waals surface area contributed by atoms with Crippen molar-refractivity contribution in [3.63, 3.8) is 0 Å². The van der Waals surface area contributed by atoms with Crippen molar-refractivity contribution >= 4 is 22.9 Å². The lowest BCUT2D eigenvalue weighted by Gasteiger charge is -2.12. The third-order valence-electron chi connectivity index (χ3n) is 3.35. The van der Waals surface area contributed by atoms with Gasteiger partial charge in [-0.2, -0.15) is 0 Å². The zero-order chi connectivity index (χ0) is 17.4. The van der Waals surface area contributed by atoms with Gasteiger partial charge in [-0.1, -0.05) is 19.1 Å². The van der Waals surface area contributed by atoms with E-state index in [0.29, 0.717) is 18.1 Å². The molecular weight excluding hydrogens is 298 g/mol. The van der Waals surface area contributed by atoms with Gasteiger partial charge in [0.15, 0.2) is 0 Å². The highest BCUT2D eigenvalue weighted by molar-refractivity contribution is 5.89. The minimum absolute atomic E-state index is 0.496. The Morgan fingerprint density at radius 1 is 1.22 bits per heavy atom. The van der Waals surface area contributed by atoms with Crippen LogP contribution in [0.1, 0.15) is 30.4 Å². The Labute approximate surface area is 134 Å². The molecule has 1 aromatic heterocycles. The number of hydrogen-bond acceptors (Lipinski definition) is 4.